The van der Waals surface area contributed by atoms with E-state index in [4.69, 9.17) is 5.11 Å². The topological polar surface area (TPSA) is 112 Å². The minimum atomic E-state index is -1.79. The molecule has 1 fully saturated rings. The molecule has 1 aromatic heterocycles. The number of piperidine rings is 1. The van der Waals surface area contributed by atoms with Crippen molar-refractivity contribution in [3.63, 3.8) is 0 Å². The van der Waals surface area contributed by atoms with Crippen LogP contribution in [0.2, 0.25) is 0 Å². The van der Waals surface area contributed by atoms with Crippen LogP contribution in [0.4, 0.5) is 17.1 Å². The van der Waals surface area contributed by atoms with Crippen molar-refractivity contribution in [1.29, 1.82) is 0 Å². The van der Waals surface area contributed by atoms with E-state index in [0.29, 0.717) is 55.0 Å². The van der Waals surface area contributed by atoms with Gasteiger partial charge in [0, 0.05) is 61.6 Å². The Balaban J connectivity index is 1.43. The van der Waals surface area contributed by atoms with Gasteiger partial charge in [-0.15, -0.1) is 5.10 Å². The fourth-order valence-corrected chi connectivity index (χ4v) is 5.26. The predicted molar refractivity (Wildman–Crippen MR) is 144 cm³/mol. The van der Waals surface area contributed by atoms with Gasteiger partial charge in [-0.05, 0) is 49.6 Å². The molecule has 1 saturated heterocycles. The minimum Gasteiger partial charge on any atom is -0.396 e. The largest absolute Gasteiger partial charge is 0.396 e. The zero-order valence-electron chi connectivity index (χ0n) is 21.5. The second-order valence-electron chi connectivity index (χ2n) is 9.90. The Hall–Kier alpha value is -3.82. The van der Waals surface area contributed by atoms with Crippen LogP contribution in [0.1, 0.15) is 43.9 Å². The van der Waals surface area contributed by atoms with E-state index in [0.717, 1.165) is 18.5 Å². The lowest BCUT2D eigenvalue weighted by Crippen LogP contribution is -2.43. The van der Waals surface area contributed by atoms with Crippen LogP contribution in [0, 0.1) is 5.92 Å². The van der Waals surface area contributed by atoms with Crippen molar-refractivity contribution in [2.45, 2.75) is 51.2 Å². The van der Waals surface area contributed by atoms with E-state index in [1.807, 2.05) is 67.6 Å². The van der Waals surface area contributed by atoms with Gasteiger partial charge in [-0.2, -0.15) is 0 Å². The maximum Gasteiger partial charge on any atom is 0.268 e. The highest BCUT2D eigenvalue weighted by molar-refractivity contribution is 6.12. The molecule has 2 aliphatic heterocycles. The summed E-state index contributed by atoms with van der Waals surface area (Å²) in [5.41, 5.74) is 1.45. The summed E-state index contributed by atoms with van der Waals surface area (Å²) in [6.07, 6.45) is 9.01. The van der Waals surface area contributed by atoms with Gasteiger partial charge in [-0.1, -0.05) is 42.5 Å². The third-order valence-electron chi connectivity index (χ3n) is 7.37. The summed E-state index contributed by atoms with van der Waals surface area (Å²) in [4.78, 5) is 29.9. The first-order valence-corrected chi connectivity index (χ1v) is 13.2. The number of carbonyl (C=O) groups excluding carboxylic acids is 2. The number of amides is 2. The van der Waals surface area contributed by atoms with Crippen molar-refractivity contribution in [3.8, 4) is 0 Å². The van der Waals surface area contributed by atoms with Crippen molar-refractivity contribution in [2.75, 3.05) is 23.0 Å². The van der Waals surface area contributed by atoms with E-state index in [1.54, 1.807) is 20.7 Å². The van der Waals surface area contributed by atoms with Gasteiger partial charge in [0.25, 0.3) is 5.91 Å². The highest BCUT2D eigenvalue weighted by atomic mass is 16.3. The number of nitrogens with zero attached hydrogens (tertiary/aromatic N) is 5. The molecule has 198 valence electrons. The van der Waals surface area contributed by atoms with Crippen LogP contribution >= 0.6 is 0 Å². The Morgan fingerprint density at radius 3 is 2.68 bits per heavy atom. The van der Waals surface area contributed by atoms with Crippen LogP contribution in [0.25, 0.3) is 0 Å². The molecule has 2 atom stereocenters. The zero-order valence-corrected chi connectivity index (χ0v) is 21.5. The summed E-state index contributed by atoms with van der Waals surface area (Å²) < 4.78 is 1.71. The molecule has 9 heteroatoms. The summed E-state index contributed by atoms with van der Waals surface area (Å²) in [7, 11) is 0. The van der Waals surface area contributed by atoms with Crippen molar-refractivity contribution in [1.82, 2.24) is 15.0 Å². The Kier molecular flexibility index (Phi) is 7.40. The number of aromatic nitrogens is 3. The maximum absolute atomic E-state index is 13.9. The highest BCUT2D eigenvalue weighted by Gasteiger charge is 2.53. The third-order valence-corrected chi connectivity index (χ3v) is 7.37. The van der Waals surface area contributed by atoms with E-state index in [9.17, 15) is 14.7 Å². The second kappa shape index (κ2) is 10.9. The zero-order chi connectivity index (χ0) is 26.7. The predicted octanol–water partition coefficient (Wildman–Crippen LogP) is 3.48. The first kappa shape index (κ1) is 25.8. The first-order valence-electron chi connectivity index (χ1n) is 13.2. The van der Waals surface area contributed by atoms with E-state index in [1.165, 1.54) is 0 Å². The third kappa shape index (κ3) is 4.75. The standard InChI is InChI=1S/C29H33N5O4/c1-21(9-5-7-16-32-20-22(15-18-35)30-31-32)29(38)25-19-24(33-17-8-6-12-27(33)36)13-14-26(25)34(28(29)37)23-10-3-2-4-11-23/h2-5,9-11,13-14,19-21,35,38H,6-8,12,15-18H2,1H3/b9-5+/t21-,29+/m0/s1. The van der Waals surface area contributed by atoms with Gasteiger partial charge in [-0.25, -0.2) is 0 Å². The summed E-state index contributed by atoms with van der Waals surface area (Å²) in [5, 5.41) is 29.2. The van der Waals surface area contributed by atoms with E-state index < -0.39 is 17.4 Å². The van der Waals surface area contributed by atoms with Crippen LogP contribution in [0.5, 0.6) is 0 Å². The summed E-state index contributed by atoms with van der Waals surface area (Å²) in [5.74, 6) is -0.884. The Bertz CT molecular complexity index is 1340. The Morgan fingerprint density at radius 2 is 1.92 bits per heavy atom. The molecular formula is C29H33N5O4. The molecule has 3 aromatic rings. The van der Waals surface area contributed by atoms with Crippen LogP contribution < -0.4 is 9.80 Å². The molecule has 0 spiro atoms. The van der Waals surface area contributed by atoms with Crippen molar-refractivity contribution < 1.29 is 19.8 Å². The lowest BCUT2D eigenvalue weighted by molar-refractivity contribution is -0.138. The van der Waals surface area contributed by atoms with Crippen molar-refractivity contribution >= 4 is 28.9 Å². The van der Waals surface area contributed by atoms with Gasteiger partial charge in [0.15, 0.2) is 5.60 Å². The average Bonchev–Trinajstić information content (AvgIpc) is 3.47. The number of carbonyl (C=O) groups is 2. The smallest absolute Gasteiger partial charge is 0.268 e. The lowest BCUT2D eigenvalue weighted by Gasteiger charge is -2.30. The van der Waals surface area contributed by atoms with E-state index in [2.05, 4.69) is 10.3 Å². The number of rotatable bonds is 9. The molecule has 0 saturated carbocycles. The number of aliphatic hydroxyl groups is 2. The van der Waals surface area contributed by atoms with Gasteiger partial charge in [0.1, 0.15) is 0 Å². The fourth-order valence-electron chi connectivity index (χ4n) is 5.26. The Labute approximate surface area is 222 Å². The average molecular weight is 516 g/mol. The molecule has 38 heavy (non-hydrogen) atoms. The molecule has 3 heterocycles. The van der Waals surface area contributed by atoms with Gasteiger partial charge in [-0.3, -0.25) is 19.2 Å². The molecule has 2 amide bonds. The minimum absolute atomic E-state index is 0.0256. The fraction of sp³-hybridized carbons (Fsp3) is 0.379. The normalized spacial score (nSPS) is 20.4. The number of hydrogen-bond donors (Lipinski definition) is 2. The highest BCUT2D eigenvalue weighted by Crippen LogP contribution is 2.49. The molecule has 0 aliphatic carbocycles. The number of hydrogen-bond acceptors (Lipinski definition) is 6. The molecule has 0 radical (unpaired) electrons. The van der Waals surface area contributed by atoms with Crippen molar-refractivity contribution in [3.05, 3.63) is 78.1 Å². The molecule has 2 N–H and O–H groups in total. The quantitative estimate of drug-likeness (QED) is 0.422. The summed E-state index contributed by atoms with van der Waals surface area (Å²) >= 11 is 0. The summed E-state index contributed by atoms with van der Waals surface area (Å²) in [6, 6.07) is 14.8. The van der Waals surface area contributed by atoms with Crippen molar-refractivity contribution in [2.24, 2.45) is 5.92 Å². The number of fused-ring (bicyclic) bond motifs is 1. The van der Waals surface area contributed by atoms with Gasteiger partial charge >= 0.3 is 0 Å². The molecular weight excluding hydrogens is 482 g/mol. The molecule has 0 bridgehead atoms. The van der Waals surface area contributed by atoms with Gasteiger partial charge < -0.3 is 15.1 Å². The van der Waals surface area contributed by atoms with Crippen LogP contribution in [0.3, 0.4) is 0 Å². The number of allylic oxidation sites excluding steroid dienone is 1. The van der Waals surface area contributed by atoms with E-state index >= 15 is 0 Å². The first-order chi connectivity index (χ1) is 18.4. The molecule has 2 aliphatic rings. The van der Waals surface area contributed by atoms with Crippen LogP contribution in [-0.2, 0) is 28.2 Å². The van der Waals surface area contributed by atoms with Crippen LogP contribution in [-0.4, -0.2) is 50.2 Å². The molecule has 2 aromatic carbocycles. The second-order valence-corrected chi connectivity index (χ2v) is 9.90. The number of aliphatic hydroxyl groups excluding tert-OH is 1. The van der Waals surface area contributed by atoms with E-state index in [-0.39, 0.29) is 12.5 Å². The summed E-state index contributed by atoms with van der Waals surface area (Å²) in [6.45, 7) is 3.07. The number of anilines is 3. The molecule has 9 nitrogen and oxygen atoms in total. The number of benzene rings is 2. The molecule has 5 rings (SSSR count). The Morgan fingerprint density at radius 1 is 1.11 bits per heavy atom. The number of aryl methyl sites for hydroxylation is 1. The van der Waals surface area contributed by atoms with Crippen LogP contribution in [0.15, 0.2) is 66.9 Å². The maximum atomic E-state index is 13.9. The SMILES string of the molecule is C[C@@H](/C=C/CCn1cc(CCO)nn1)[C@]1(O)C(=O)N(c2ccccc2)c2ccc(N3CCCCC3=O)cc21. The number of para-hydroxylation sites is 1. The lowest BCUT2D eigenvalue weighted by atomic mass is 9.82. The van der Waals surface area contributed by atoms with Gasteiger partial charge in [0.2, 0.25) is 5.91 Å². The molecule has 0 unspecified atom stereocenters. The van der Waals surface area contributed by atoms with Gasteiger partial charge in [0.05, 0.1) is 11.4 Å². The monoisotopic (exact) mass is 515 g/mol.